The van der Waals surface area contributed by atoms with Crippen LogP contribution in [0.3, 0.4) is 0 Å². The Labute approximate surface area is 259 Å². The Kier molecular flexibility index (Phi) is 37.7. The summed E-state index contributed by atoms with van der Waals surface area (Å²) in [5.74, 6) is 0. The Hall–Kier alpha value is -0.200. The third-order valence-corrected chi connectivity index (χ3v) is 7.61. The predicted molar refractivity (Wildman–Crippen MR) is 182 cm³/mol. The fourth-order valence-electron chi connectivity index (χ4n) is 4.73. The van der Waals surface area contributed by atoms with Gasteiger partial charge in [-0.3, -0.25) is 4.90 Å². The zero-order valence-corrected chi connectivity index (χ0v) is 29.7. The first-order valence-electron chi connectivity index (χ1n) is 18.2. The highest BCUT2D eigenvalue weighted by Crippen LogP contribution is 2.10. The molecule has 0 aliphatic carbocycles. The van der Waals surface area contributed by atoms with Crippen LogP contribution in [0.1, 0.15) is 170 Å². The van der Waals surface area contributed by atoms with Gasteiger partial charge in [-0.1, -0.05) is 112 Å². The molecule has 0 spiro atoms. The van der Waals surface area contributed by atoms with Crippen LogP contribution in [0.2, 0.25) is 0 Å². The molecule has 0 radical (unpaired) electrons. The van der Waals surface area contributed by atoms with Crippen molar-refractivity contribution in [3.05, 3.63) is 0 Å². The molecule has 0 amide bonds. The van der Waals surface area contributed by atoms with Gasteiger partial charge < -0.3 is 19.1 Å². The van der Waals surface area contributed by atoms with Crippen molar-refractivity contribution in [2.45, 2.75) is 183 Å². The molecule has 0 aromatic carbocycles. The number of hydrogen-bond donors (Lipinski definition) is 0. The second-order valence-electron chi connectivity index (χ2n) is 12.1. The minimum absolute atomic E-state index is 0.0576. The molecule has 41 heavy (non-hydrogen) atoms. The van der Waals surface area contributed by atoms with Crippen molar-refractivity contribution < 1.29 is 14.2 Å². The van der Waals surface area contributed by atoms with Crippen LogP contribution < -0.4 is 0 Å². The van der Waals surface area contributed by atoms with E-state index in [0.717, 1.165) is 39.2 Å². The van der Waals surface area contributed by atoms with Crippen LogP contribution in [0.25, 0.3) is 0 Å². The number of rotatable bonds is 31. The summed E-state index contributed by atoms with van der Waals surface area (Å²) < 4.78 is 17.7. The SMILES string of the molecule is CCC.CCCCCCOC(C)OCCCCCCN(CCCC)CCCCCCOC(C)N(C)CCCCCC. The molecule has 0 aromatic heterocycles. The Morgan fingerprint density at radius 2 is 0.805 bits per heavy atom. The largest absolute Gasteiger partial charge is 0.363 e. The lowest BCUT2D eigenvalue weighted by Gasteiger charge is -2.25. The van der Waals surface area contributed by atoms with Crippen molar-refractivity contribution in [2.24, 2.45) is 0 Å². The molecule has 0 fully saturated rings. The first-order valence-corrected chi connectivity index (χ1v) is 18.2. The van der Waals surface area contributed by atoms with Gasteiger partial charge >= 0.3 is 0 Å². The molecule has 2 atom stereocenters. The normalized spacial score (nSPS) is 13.0. The van der Waals surface area contributed by atoms with Gasteiger partial charge in [-0.15, -0.1) is 0 Å². The van der Waals surface area contributed by atoms with Crippen molar-refractivity contribution in [1.29, 1.82) is 0 Å². The zero-order chi connectivity index (χ0) is 30.8. The van der Waals surface area contributed by atoms with Crippen LogP contribution in [-0.4, -0.2) is 75.4 Å². The lowest BCUT2D eigenvalue weighted by molar-refractivity contribution is -0.131. The Bertz CT molecular complexity index is 466. The molecule has 0 aromatic rings. The van der Waals surface area contributed by atoms with Crippen molar-refractivity contribution in [1.82, 2.24) is 9.80 Å². The minimum Gasteiger partial charge on any atom is -0.363 e. The number of ether oxygens (including phenoxy) is 3. The molecule has 5 nitrogen and oxygen atoms in total. The maximum absolute atomic E-state index is 6.08. The van der Waals surface area contributed by atoms with Crippen LogP contribution in [0, 0.1) is 0 Å². The Balaban J connectivity index is 0. The van der Waals surface area contributed by atoms with E-state index in [4.69, 9.17) is 14.2 Å². The van der Waals surface area contributed by atoms with Gasteiger partial charge in [0.25, 0.3) is 0 Å². The van der Waals surface area contributed by atoms with Crippen LogP contribution >= 0.6 is 0 Å². The van der Waals surface area contributed by atoms with Gasteiger partial charge in [0.05, 0.1) is 0 Å². The second kappa shape index (κ2) is 36.0. The lowest BCUT2D eigenvalue weighted by atomic mass is 10.1. The average molecular weight is 587 g/mol. The highest BCUT2D eigenvalue weighted by Gasteiger charge is 2.09. The minimum atomic E-state index is -0.0576. The van der Waals surface area contributed by atoms with Crippen LogP contribution in [0.15, 0.2) is 0 Å². The van der Waals surface area contributed by atoms with Gasteiger partial charge in [0, 0.05) is 26.4 Å². The highest BCUT2D eigenvalue weighted by molar-refractivity contribution is 4.60. The molecule has 0 aliphatic heterocycles. The van der Waals surface area contributed by atoms with Crippen molar-refractivity contribution in [2.75, 3.05) is 53.0 Å². The second-order valence-corrected chi connectivity index (χ2v) is 12.1. The molecule has 0 N–H and O–H groups in total. The third-order valence-electron chi connectivity index (χ3n) is 7.61. The van der Waals surface area contributed by atoms with Crippen LogP contribution in [-0.2, 0) is 14.2 Å². The standard InChI is InChI=1S/C33H70N2O3.C3H8/c1-7-10-13-19-25-34(6)32(4)36-29-23-17-15-20-27-35(26-12-9-3)28-21-16-18-24-31-38-33(5)37-30-22-14-11-8-2;1-3-2/h32-33H,7-31H2,1-6H3;3H2,1-2H3. The van der Waals surface area contributed by atoms with E-state index >= 15 is 0 Å². The van der Waals surface area contributed by atoms with Gasteiger partial charge in [0.15, 0.2) is 6.29 Å². The van der Waals surface area contributed by atoms with E-state index in [1.807, 2.05) is 6.92 Å². The molecule has 5 heteroatoms. The van der Waals surface area contributed by atoms with E-state index in [2.05, 4.69) is 58.4 Å². The monoisotopic (exact) mass is 587 g/mol. The molecule has 0 rings (SSSR count). The van der Waals surface area contributed by atoms with E-state index in [9.17, 15) is 0 Å². The summed E-state index contributed by atoms with van der Waals surface area (Å²) in [6.45, 7) is 22.8. The van der Waals surface area contributed by atoms with Gasteiger partial charge in [-0.25, -0.2) is 0 Å². The Morgan fingerprint density at radius 1 is 0.439 bits per heavy atom. The Morgan fingerprint density at radius 3 is 1.29 bits per heavy atom. The van der Waals surface area contributed by atoms with Crippen molar-refractivity contribution >= 4 is 0 Å². The lowest BCUT2D eigenvalue weighted by Crippen LogP contribution is -2.32. The van der Waals surface area contributed by atoms with E-state index in [0.29, 0.717) is 0 Å². The molecule has 0 bridgehead atoms. The third kappa shape index (κ3) is 34.2. The van der Waals surface area contributed by atoms with Gasteiger partial charge in [-0.05, 0) is 85.5 Å². The summed E-state index contributed by atoms with van der Waals surface area (Å²) in [4.78, 5) is 5.07. The topological polar surface area (TPSA) is 34.2 Å². The average Bonchev–Trinajstić information content (AvgIpc) is 2.96. The van der Waals surface area contributed by atoms with Gasteiger partial charge in [-0.2, -0.15) is 0 Å². The molecule has 250 valence electrons. The molecular weight excluding hydrogens is 508 g/mol. The molecule has 0 heterocycles. The van der Waals surface area contributed by atoms with E-state index in [1.165, 1.54) is 129 Å². The fraction of sp³-hybridized carbons (Fsp3) is 1.00. The summed E-state index contributed by atoms with van der Waals surface area (Å²) in [5.41, 5.74) is 0. The van der Waals surface area contributed by atoms with Crippen LogP contribution in [0.4, 0.5) is 0 Å². The predicted octanol–water partition coefficient (Wildman–Crippen LogP) is 10.5. The summed E-state index contributed by atoms with van der Waals surface area (Å²) in [7, 11) is 2.20. The smallest absolute Gasteiger partial charge is 0.154 e. The first-order chi connectivity index (χ1) is 20.0. The van der Waals surface area contributed by atoms with Gasteiger partial charge in [0.1, 0.15) is 6.23 Å². The molecule has 0 saturated carbocycles. The highest BCUT2D eigenvalue weighted by atomic mass is 16.7. The van der Waals surface area contributed by atoms with E-state index in [1.54, 1.807) is 0 Å². The number of hydrogen-bond acceptors (Lipinski definition) is 5. The molecule has 0 saturated heterocycles. The summed E-state index contributed by atoms with van der Waals surface area (Å²) in [5, 5.41) is 0. The number of nitrogens with zero attached hydrogens (tertiary/aromatic N) is 2. The summed E-state index contributed by atoms with van der Waals surface area (Å²) >= 11 is 0. The first kappa shape index (κ1) is 42.9. The van der Waals surface area contributed by atoms with Crippen LogP contribution in [0.5, 0.6) is 0 Å². The quantitative estimate of drug-likeness (QED) is 0.0596. The van der Waals surface area contributed by atoms with E-state index in [-0.39, 0.29) is 12.5 Å². The van der Waals surface area contributed by atoms with E-state index < -0.39 is 0 Å². The summed E-state index contributed by atoms with van der Waals surface area (Å²) in [6.07, 6.45) is 24.5. The zero-order valence-electron chi connectivity index (χ0n) is 29.7. The molecule has 0 aliphatic rings. The summed E-state index contributed by atoms with van der Waals surface area (Å²) in [6, 6.07) is 0. The van der Waals surface area contributed by atoms with Crippen molar-refractivity contribution in [3.63, 3.8) is 0 Å². The maximum atomic E-state index is 6.08. The van der Waals surface area contributed by atoms with Crippen molar-refractivity contribution in [3.8, 4) is 0 Å². The maximum Gasteiger partial charge on any atom is 0.154 e. The molecule has 2 unspecified atom stereocenters. The van der Waals surface area contributed by atoms with Gasteiger partial charge in [0.2, 0.25) is 0 Å². The molecular formula is C36H78N2O3. The number of unbranched alkanes of at least 4 members (excludes halogenated alkanes) is 13. The fourth-order valence-corrected chi connectivity index (χ4v) is 4.73.